The molecule has 1 aromatic heterocycles. The lowest BCUT2D eigenvalue weighted by Gasteiger charge is -2.22. The first-order chi connectivity index (χ1) is 13.2. The lowest BCUT2D eigenvalue weighted by Crippen LogP contribution is -2.44. The Morgan fingerprint density at radius 3 is 2.89 bits per heavy atom. The summed E-state index contributed by atoms with van der Waals surface area (Å²) in [6.07, 6.45) is 5.76. The van der Waals surface area contributed by atoms with E-state index in [0.29, 0.717) is 17.4 Å². The molecule has 3 aliphatic rings. The summed E-state index contributed by atoms with van der Waals surface area (Å²) in [5.74, 6) is 0.622. The second-order valence-corrected chi connectivity index (χ2v) is 7.84. The second-order valence-electron chi connectivity index (χ2n) is 7.84. The molecule has 0 spiro atoms. The predicted molar refractivity (Wildman–Crippen MR) is 98.8 cm³/mol. The summed E-state index contributed by atoms with van der Waals surface area (Å²) in [6, 6.07) is 9.85. The van der Waals surface area contributed by atoms with Gasteiger partial charge in [-0.05, 0) is 61.3 Å². The fourth-order valence-corrected chi connectivity index (χ4v) is 4.31. The average Bonchev–Trinajstić information content (AvgIpc) is 3.62. The molecule has 0 bridgehead atoms. The average molecular weight is 360 g/mol. The van der Waals surface area contributed by atoms with Crippen LogP contribution < -0.4 is 5.32 Å². The van der Waals surface area contributed by atoms with Crippen LogP contribution in [-0.4, -0.2) is 40.3 Å². The highest BCUT2D eigenvalue weighted by atomic mass is 16.2. The minimum Gasteiger partial charge on any atom is -0.343 e. The number of nitrogens with one attached hydrogen (secondary N) is 1. The molecule has 1 aliphatic heterocycles. The zero-order valence-corrected chi connectivity index (χ0v) is 14.9. The van der Waals surface area contributed by atoms with Crippen molar-refractivity contribution >= 4 is 22.7 Å². The van der Waals surface area contributed by atoms with Crippen LogP contribution in [-0.2, 0) is 4.79 Å². The number of carbonyl (C=O) groups is 2. The normalized spacial score (nSPS) is 25.7. The van der Waals surface area contributed by atoms with Crippen molar-refractivity contribution in [2.45, 2.75) is 43.7 Å². The van der Waals surface area contributed by atoms with Gasteiger partial charge in [-0.15, -0.1) is 0 Å². The number of carbonyl (C=O) groups excluding carboxylic acids is 2. The van der Waals surface area contributed by atoms with Gasteiger partial charge >= 0.3 is 0 Å². The van der Waals surface area contributed by atoms with Gasteiger partial charge in [0, 0.05) is 17.6 Å². The molecule has 1 aromatic carbocycles. The Hall–Kier alpha value is -2.94. The molecular formula is C21H20N4O2. The SMILES string of the molecule is N#C[C@@H]1C[C@@H]2C[C@@H]2N1C(=O)CNC(=O)c1ccnc2ccc(C3CC3)cc12. The number of pyridine rings is 1. The molecule has 136 valence electrons. The van der Waals surface area contributed by atoms with E-state index in [1.54, 1.807) is 17.2 Å². The van der Waals surface area contributed by atoms with Crippen LogP contribution in [0.4, 0.5) is 0 Å². The Morgan fingerprint density at radius 1 is 1.26 bits per heavy atom. The van der Waals surface area contributed by atoms with Crippen LogP contribution in [0.25, 0.3) is 10.9 Å². The lowest BCUT2D eigenvalue weighted by molar-refractivity contribution is -0.131. The second kappa shape index (κ2) is 6.05. The van der Waals surface area contributed by atoms with Gasteiger partial charge in [-0.3, -0.25) is 14.6 Å². The molecule has 1 N–H and O–H groups in total. The zero-order valence-electron chi connectivity index (χ0n) is 14.9. The first-order valence-corrected chi connectivity index (χ1v) is 9.53. The van der Waals surface area contributed by atoms with Crippen molar-refractivity contribution in [2.75, 3.05) is 6.54 Å². The molecule has 2 saturated carbocycles. The monoisotopic (exact) mass is 360 g/mol. The minimum absolute atomic E-state index is 0.0770. The fourth-order valence-electron chi connectivity index (χ4n) is 4.31. The third-order valence-electron chi connectivity index (χ3n) is 6.00. The molecule has 27 heavy (non-hydrogen) atoms. The molecule has 5 rings (SSSR count). The van der Waals surface area contributed by atoms with Gasteiger partial charge in [0.1, 0.15) is 6.04 Å². The lowest BCUT2D eigenvalue weighted by atomic mass is 10.0. The van der Waals surface area contributed by atoms with E-state index >= 15 is 0 Å². The van der Waals surface area contributed by atoms with E-state index in [4.69, 9.17) is 0 Å². The van der Waals surface area contributed by atoms with Crippen LogP contribution in [0.1, 0.15) is 47.5 Å². The topological polar surface area (TPSA) is 86.1 Å². The van der Waals surface area contributed by atoms with Gasteiger partial charge in [0.25, 0.3) is 5.91 Å². The van der Waals surface area contributed by atoms with E-state index in [-0.39, 0.29) is 30.4 Å². The number of aromatic nitrogens is 1. The van der Waals surface area contributed by atoms with Crippen molar-refractivity contribution in [3.8, 4) is 6.07 Å². The highest BCUT2D eigenvalue weighted by Gasteiger charge is 2.53. The molecule has 6 nitrogen and oxygen atoms in total. The van der Waals surface area contributed by atoms with Crippen molar-refractivity contribution in [1.82, 2.24) is 15.2 Å². The van der Waals surface area contributed by atoms with Crippen LogP contribution in [0.3, 0.4) is 0 Å². The summed E-state index contributed by atoms with van der Waals surface area (Å²) in [4.78, 5) is 31.3. The maximum Gasteiger partial charge on any atom is 0.252 e. The summed E-state index contributed by atoms with van der Waals surface area (Å²) in [5, 5.41) is 12.8. The molecule has 6 heteroatoms. The van der Waals surface area contributed by atoms with Gasteiger partial charge in [0.2, 0.25) is 5.91 Å². The molecule has 3 atom stereocenters. The summed E-state index contributed by atoms with van der Waals surface area (Å²) in [5.41, 5.74) is 2.57. The maximum atomic E-state index is 12.7. The summed E-state index contributed by atoms with van der Waals surface area (Å²) in [6.45, 7) is -0.0770. The summed E-state index contributed by atoms with van der Waals surface area (Å²) >= 11 is 0. The largest absolute Gasteiger partial charge is 0.343 e. The number of hydrogen-bond donors (Lipinski definition) is 1. The Bertz CT molecular complexity index is 991. The Balaban J connectivity index is 1.33. The van der Waals surface area contributed by atoms with Crippen LogP contribution in [0.5, 0.6) is 0 Å². The van der Waals surface area contributed by atoms with Crippen molar-refractivity contribution in [2.24, 2.45) is 5.92 Å². The highest BCUT2D eigenvalue weighted by Crippen LogP contribution is 2.47. The van der Waals surface area contributed by atoms with Crippen molar-refractivity contribution in [3.63, 3.8) is 0 Å². The molecule has 2 heterocycles. The van der Waals surface area contributed by atoms with Gasteiger partial charge in [0.05, 0.1) is 23.7 Å². The standard InChI is InChI=1S/C21H20N4O2/c22-10-15-7-14-9-19(14)25(15)20(26)11-24-21(27)16-5-6-23-18-4-3-13(8-17(16)18)12-1-2-12/h3-6,8,12,14-15,19H,1-2,7,9,11H2,(H,24,27)/t14-,15+,19+/m1/s1. The molecule has 2 aromatic rings. The van der Waals surface area contributed by atoms with Crippen LogP contribution >= 0.6 is 0 Å². The number of rotatable bonds is 4. The van der Waals surface area contributed by atoms with Crippen LogP contribution in [0.2, 0.25) is 0 Å². The first kappa shape index (κ1) is 16.2. The van der Waals surface area contributed by atoms with E-state index in [9.17, 15) is 14.9 Å². The Labute approximate surface area is 157 Å². The van der Waals surface area contributed by atoms with Crippen LogP contribution in [0, 0.1) is 17.2 Å². The fraction of sp³-hybridized carbons (Fsp3) is 0.429. The number of piperidine rings is 1. The molecule has 2 aliphatic carbocycles. The Kier molecular flexibility index (Phi) is 3.64. The maximum absolute atomic E-state index is 12.7. The van der Waals surface area contributed by atoms with Gasteiger partial charge < -0.3 is 10.2 Å². The van der Waals surface area contributed by atoms with E-state index in [0.717, 1.165) is 23.7 Å². The van der Waals surface area contributed by atoms with E-state index < -0.39 is 0 Å². The molecule has 1 saturated heterocycles. The van der Waals surface area contributed by atoms with Gasteiger partial charge in [-0.1, -0.05) is 6.07 Å². The predicted octanol–water partition coefficient (Wildman–Crippen LogP) is 2.35. The van der Waals surface area contributed by atoms with Crippen molar-refractivity contribution in [3.05, 3.63) is 41.6 Å². The highest BCUT2D eigenvalue weighted by molar-refractivity contribution is 6.07. The number of hydrogen-bond acceptors (Lipinski definition) is 4. The Morgan fingerprint density at radius 2 is 2.11 bits per heavy atom. The number of likely N-dealkylation sites (tertiary alicyclic amines) is 1. The quantitative estimate of drug-likeness (QED) is 0.907. The zero-order chi connectivity index (χ0) is 18.5. The number of nitrogens with zero attached hydrogens (tertiary/aromatic N) is 3. The van der Waals surface area contributed by atoms with Gasteiger partial charge in [0.15, 0.2) is 0 Å². The molecule has 2 amide bonds. The van der Waals surface area contributed by atoms with E-state index in [1.165, 1.54) is 18.4 Å². The third-order valence-corrected chi connectivity index (χ3v) is 6.00. The smallest absolute Gasteiger partial charge is 0.252 e. The summed E-state index contributed by atoms with van der Waals surface area (Å²) < 4.78 is 0. The number of nitriles is 1. The molecular weight excluding hydrogens is 340 g/mol. The third kappa shape index (κ3) is 2.84. The van der Waals surface area contributed by atoms with Gasteiger partial charge in [-0.2, -0.15) is 5.26 Å². The molecule has 0 unspecified atom stereocenters. The number of benzene rings is 1. The van der Waals surface area contributed by atoms with E-state index in [1.807, 2.05) is 6.07 Å². The number of fused-ring (bicyclic) bond motifs is 2. The first-order valence-electron chi connectivity index (χ1n) is 9.53. The summed E-state index contributed by atoms with van der Waals surface area (Å²) in [7, 11) is 0. The van der Waals surface area contributed by atoms with Crippen molar-refractivity contribution in [1.29, 1.82) is 5.26 Å². The van der Waals surface area contributed by atoms with Gasteiger partial charge in [-0.25, -0.2) is 0 Å². The van der Waals surface area contributed by atoms with Crippen LogP contribution in [0.15, 0.2) is 30.5 Å². The molecule has 3 fully saturated rings. The molecule has 0 radical (unpaired) electrons. The minimum atomic E-state index is -0.346. The number of amides is 2. The van der Waals surface area contributed by atoms with Crippen molar-refractivity contribution < 1.29 is 9.59 Å². The van der Waals surface area contributed by atoms with E-state index in [2.05, 4.69) is 28.5 Å².